The molecule has 0 bridgehead atoms. The second kappa shape index (κ2) is 4.23. The van der Waals surface area contributed by atoms with Crippen LogP contribution in [0.25, 0.3) is 11.0 Å². The summed E-state index contributed by atoms with van der Waals surface area (Å²) in [5, 5.41) is 12.2. The van der Waals surface area contributed by atoms with Gasteiger partial charge in [-0.2, -0.15) is 0 Å². The number of aromatic nitrogens is 1. The minimum atomic E-state index is -0.733. The number of para-hydroxylation sites is 1. The fraction of sp³-hybridized carbons (Fsp3) is 0.214. The minimum absolute atomic E-state index is 0.572. The monoisotopic (exact) mass is 259 g/mol. The standard InChI is InChI=1S/C14H13NO2S/c1-8-4-3-5-10-6-11(17-14(8)10)13(16)12-7-15-9(2)18-12/h3-7,13,16H,1-2H3. The van der Waals surface area contributed by atoms with Crippen molar-refractivity contribution in [1.82, 2.24) is 4.98 Å². The third kappa shape index (κ3) is 1.83. The predicted molar refractivity (Wildman–Crippen MR) is 71.9 cm³/mol. The van der Waals surface area contributed by atoms with Crippen LogP contribution in [0.5, 0.6) is 0 Å². The number of hydrogen-bond acceptors (Lipinski definition) is 4. The van der Waals surface area contributed by atoms with E-state index >= 15 is 0 Å². The fourth-order valence-corrected chi connectivity index (χ4v) is 2.79. The zero-order valence-corrected chi connectivity index (χ0v) is 11.0. The van der Waals surface area contributed by atoms with Gasteiger partial charge in [0.25, 0.3) is 0 Å². The Morgan fingerprint density at radius 1 is 1.33 bits per heavy atom. The van der Waals surface area contributed by atoms with Crippen LogP contribution in [0, 0.1) is 13.8 Å². The minimum Gasteiger partial charge on any atom is -0.458 e. The lowest BCUT2D eigenvalue weighted by atomic mass is 10.1. The molecule has 0 fully saturated rings. The SMILES string of the molecule is Cc1ncc(C(O)c2cc3cccc(C)c3o2)s1. The van der Waals surface area contributed by atoms with E-state index in [0.717, 1.165) is 26.4 Å². The van der Waals surface area contributed by atoms with Crippen molar-refractivity contribution in [2.75, 3.05) is 0 Å². The van der Waals surface area contributed by atoms with Gasteiger partial charge in [0.2, 0.25) is 0 Å². The summed E-state index contributed by atoms with van der Waals surface area (Å²) in [4.78, 5) is 4.96. The molecule has 2 heterocycles. The van der Waals surface area contributed by atoms with Crippen molar-refractivity contribution >= 4 is 22.3 Å². The number of aliphatic hydroxyl groups is 1. The van der Waals surface area contributed by atoms with Crippen molar-refractivity contribution in [3.05, 3.63) is 51.7 Å². The van der Waals surface area contributed by atoms with E-state index in [9.17, 15) is 5.11 Å². The Labute approximate surface area is 109 Å². The molecule has 0 radical (unpaired) electrons. The van der Waals surface area contributed by atoms with E-state index in [1.165, 1.54) is 11.3 Å². The van der Waals surface area contributed by atoms with Crippen molar-refractivity contribution in [3.63, 3.8) is 0 Å². The summed E-state index contributed by atoms with van der Waals surface area (Å²) >= 11 is 1.48. The third-order valence-electron chi connectivity index (χ3n) is 2.94. The zero-order valence-electron chi connectivity index (χ0n) is 10.2. The lowest BCUT2D eigenvalue weighted by molar-refractivity contribution is 0.195. The van der Waals surface area contributed by atoms with Crippen molar-refractivity contribution in [2.45, 2.75) is 20.0 Å². The van der Waals surface area contributed by atoms with Gasteiger partial charge in [-0.1, -0.05) is 18.2 Å². The Bertz CT molecular complexity index is 699. The van der Waals surface area contributed by atoms with Crippen LogP contribution in [0.4, 0.5) is 0 Å². The summed E-state index contributed by atoms with van der Waals surface area (Å²) < 4.78 is 5.75. The molecule has 0 saturated carbocycles. The molecule has 0 aliphatic rings. The molecule has 1 atom stereocenters. The summed E-state index contributed by atoms with van der Waals surface area (Å²) in [7, 11) is 0. The number of rotatable bonds is 2. The molecule has 2 aromatic heterocycles. The Hall–Kier alpha value is -1.65. The Balaban J connectivity index is 2.06. The van der Waals surface area contributed by atoms with E-state index in [0.29, 0.717) is 5.76 Å². The maximum Gasteiger partial charge on any atom is 0.147 e. The molecule has 4 heteroatoms. The second-order valence-corrected chi connectivity index (χ2v) is 5.59. The van der Waals surface area contributed by atoms with Gasteiger partial charge in [-0.05, 0) is 25.5 Å². The fourth-order valence-electron chi connectivity index (χ4n) is 2.01. The van der Waals surface area contributed by atoms with E-state index in [4.69, 9.17) is 4.42 Å². The van der Waals surface area contributed by atoms with Crippen LogP contribution in [0.3, 0.4) is 0 Å². The average molecular weight is 259 g/mol. The molecule has 3 rings (SSSR count). The Morgan fingerprint density at radius 2 is 2.17 bits per heavy atom. The summed E-state index contributed by atoms with van der Waals surface area (Å²) in [6.07, 6.45) is 0.966. The van der Waals surface area contributed by atoms with Gasteiger partial charge in [0.05, 0.1) is 9.88 Å². The highest BCUT2D eigenvalue weighted by Crippen LogP contribution is 2.31. The first-order valence-electron chi connectivity index (χ1n) is 5.74. The van der Waals surface area contributed by atoms with Crippen molar-refractivity contribution in [1.29, 1.82) is 0 Å². The highest BCUT2D eigenvalue weighted by molar-refractivity contribution is 7.11. The quantitative estimate of drug-likeness (QED) is 0.765. The molecule has 0 aliphatic heterocycles. The second-order valence-electron chi connectivity index (χ2n) is 4.33. The molecule has 92 valence electrons. The first kappa shape index (κ1) is 11.4. The lowest BCUT2D eigenvalue weighted by Crippen LogP contribution is -1.94. The highest BCUT2D eigenvalue weighted by Gasteiger charge is 2.18. The number of hydrogen-bond donors (Lipinski definition) is 1. The first-order valence-corrected chi connectivity index (χ1v) is 6.56. The molecular weight excluding hydrogens is 246 g/mol. The van der Waals surface area contributed by atoms with Crippen LogP contribution in [0.1, 0.15) is 27.3 Å². The van der Waals surface area contributed by atoms with E-state index in [-0.39, 0.29) is 0 Å². The van der Waals surface area contributed by atoms with Crippen molar-refractivity contribution in [3.8, 4) is 0 Å². The van der Waals surface area contributed by atoms with Crippen LogP contribution in [-0.2, 0) is 0 Å². The third-order valence-corrected chi connectivity index (χ3v) is 3.90. The number of aliphatic hydroxyl groups excluding tert-OH is 1. The van der Waals surface area contributed by atoms with E-state index in [1.807, 2.05) is 38.1 Å². The van der Waals surface area contributed by atoms with Gasteiger partial charge in [-0.25, -0.2) is 4.98 Å². The largest absolute Gasteiger partial charge is 0.458 e. The van der Waals surface area contributed by atoms with Crippen LogP contribution < -0.4 is 0 Å². The van der Waals surface area contributed by atoms with Gasteiger partial charge in [-0.3, -0.25) is 0 Å². The molecule has 3 aromatic rings. The van der Waals surface area contributed by atoms with Crippen LogP contribution in [-0.4, -0.2) is 10.1 Å². The molecule has 1 aromatic carbocycles. The molecule has 18 heavy (non-hydrogen) atoms. The molecule has 0 saturated heterocycles. The predicted octanol–water partition coefficient (Wildman–Crippen LogP) is 3.59. The maximum absolute atomic E-state index is 10.3. The summed E-state index contributed by atoms with van der Waals surface area (Å²) in [6.45, 7) is 3.92. The number of nitrogens with zero attached hydrogens (tertiary/aromatic N) is 1. The number of furan rings is 1. The summed E-state index contributed by atoms with van der Waals surface area (Å²) in [5.41, 5.74) is 1.92. The number of aryl methyl sites for hydroxylation is 2. The van der Waals surface area contributed by atoms with E-state index in [2.05, 4.69) is 4.98 Å². The van der Waals surface area contributed by atoms with Gasteiger partial charge in [0, 0.05) is 11.6 Å². The van der Waals surface area contributed by atoms with Crippen molar-refractivity contribution in [2.24, 2.45) is 0 Å². The van der Waals surface area contributed by atoms with Crippen molar-refractivity contribution < 1.29 is 9.52 Å². The number of fused-ring (bicyclic) bond motifs is 1. The Kier molecular flexibility index (Phi) is 2.69. The van der Waals surface area contributed by atoms with Crippen LogP contribution >= 0.6 is 11.3 Å². The van der Waals surface area contributed by atoms with Gasteiger partial charge in [0.1, 0.15) is 17.4 Å². The highest BCUT2D eigenvalue weighted by atomic mass is 32.1. The topological polar surface area (TPSA) is 46.3 Å². The molecule has 0 aliphatic carbocycles. The molecule has 0 amide bonds. The lowest BCUT2D eigenvalue weighted by Gasteiger charge is -2.02. The first-order chi connectivity index (χ1) is 8.65. The average Bonchev–Trinajstić information content (AvgIpc) is 2.95. The molecule has 1 N–H and O–H groups in total. The Morgan fingerprint density at radius 3 is 2.83 bits per heavy atom. The van der Waals surface area contributed by atoms with E-state index in [1.54, 1.807) is 6.20 Å². The molecule has 0 spiro atoms. The normalized spacial score (nSPS) is 13.1. The molecule has 1 unspecified atom stereocenters. The van der Waals surface area contributed by atoms with Gasteiger partial charge < -0.3 is 9.52 Å². The molecular formula is C14H13NO2S. The maximum atomic E-state index is 10.3. The number of thiazole rings is 1. The van der Waals surface area contributed by atoms with Crippen LogP contribution in [0.2, 0.25) is 0 Å². The van der Waals surface area contributed by atoms with Gasteiger partial charge in [0.15, 0.2) is 0 Å². The summed E-state index contributed by atoms with van der Waals surface area (Å²) in [6, 6.07) is 7.86. The zero-order chi connectivity index (χ0) is 12.7. The van der Waals surface area contributed by atoms with E-state index < -0.39 is 6.10 Å². The smallest absolute Gasteiger partial charge is 0.147 e. The van der Waals surface area contributed by atoms with Crippen LogP contribution in [0.15, 0.2) is 34.9 Å². The van der Waals surface area contributed by atoms with Gasteiger partial charge >= 0.3 is 0 Å². The number of benzene rings is 1. The molecule has 3 nitrogen and oxygen atoms in total. The summed E-state index contributed by atoms with van der Waals surface area (Å²) in [5.74, 6) is 0.572. The van der Waals surface area contributed by atoms with Gasteiger partial charge in [-0.15, -0.1) is 11.3 Å².